The van der Waals surface area contributed by atoms with Crippen LogP contribution in [0.25, 0.3) is 0 Å². The van der Waals surface area contributed by atoms with Crippen molar-refractivity contribution < 1.29 is 33.0 Å². The maximum atomic E-state index is 15.2. The van der Waals surface area contributed by atoms with Crippen molar-refractivity contribution in [2.45, 2.75) is 95.4 Å². The maximum Gasteiger partial charge on any atom is 0.323 e. The second kappa shape index (κ2) is 14.4. The second-order valence-corrected chi connectivity index (χ2v) is 13.5. The molecule has 1 aliphatic carbocycles. The largest absolute Gasteiger partial charge is 0.468 e. The van der Waals surface area contributed by atoms with Crippen LogP contribution in [0.2, 0.25) is 5.02 Å². The molecule has 46 heavy (non-hydrogen) atoms. The zero-order chi connectivity index (χ0) is 33.3. The number of piperidine rings is 1. The molecule has 250 valence electrons. The van der Waals surface area contributed by atoms with Gasteiger partial charge in [-0.15, -0.1) is 0 Å². The number of carbonyl (C=O) groups is 3. The van der Waals surface area contributed by atoms with Crippen LogP contribution in [0.4, 0.5) is 8.78 Å². The number of carbonyl (C=O) groups excluding carboxylic acids is 3. The van der Waals surface area contributed by atoms with E-state index in [0.29, 0.717) is 43.8 Å². The van der Waals surface area contributed by atoms with Crippen LogP contribution in [0.15, 0.2) is 30.3 Å². The zero-order valence-corrected chi connectivity index (χ0v) is 27.7. The molecular formula is C35H44ClF2N3O5. The summed E-state index contributed by atoms with van der Waals surface area (Å²) in [6.07, 6.45) is 2.41. The van der Waals surface area contributed by atoms with Crippen molar-refractivity contribution in [1.29, 1.82) is 0 Å². The Morgan fingerprint density at radius 2 is 1.80 bits per heavy atom. The second-order valence-electron chi connectivity index (χ2n) is 13.1. The number of aliphatic hydroxyl groups excluding tert-OH is 1. The summed E-state index contributed by atoms with van der Waals surface area (Å²) in [5, 5.41) is 14.1. The predicted molar refractivity (Wildman–Crippen MR) is 170 cm³/mol. The summed E-state index contributed by atoms with van der Waals surface area (Å²) in [6, 6.07) is 6.47. The smallest absolute Gasteiger partial charge is 0.323 e. The highest BCUT2D eigenvalue weighted by Gasteiger charge is 2.49. The molecule has 0 aromatic heterocycles. The summed E-state index contributed by atoms with van der Waals surface area (Å²) in [5.41, 5.74) is 3.35. The van der Waals surface area contributed by atoms with Crippen LogP contribution in [0.3, 0.4) is 0 Å². The summed E-state index contributed by atoms with van der Waals surface area (Å²) in [4.78, 5) is 42.5. The lowest BCUT2D eigenvalue weighted by molar-refractivity contribution is -0.146. The highest BCUT2D eigenvalue weighted by Crippen LogP contribution is 2.46. The summed E-state index contributed by atoms with van der Waals surface area (Å²) < 4.78 is 34.1. The van der Waals surface area contributed by atoms with E-state index in [1.54, 1.807) is 0 Å². The number of likely N-dealkylation sites (tertiary alicyclic amines) is 2. The van der Waals surface area contributed by atoms with E-state index in [2.05, 4.69) is 11.4 Å². The van der Waals surface area contributed by atoms with Crippen LogP contribution in [0, 0.1) is 24.5 Å². The molecular weight excluding hydrogens is 616 g/mol. The lowest BCUT2D eigenvalue weighted by Crippen LogP contribution is -2.44. The minimum absolute atomic E-state index is 0.0871. The summed E-state index contributed by atoms with van der Waals surface area (Å²) in [6.45, 7) is 6.74. The van der Waals surface area contributed by atoms with Gasteiger partial charge in [0.25, 0.3) is 0 Å². The van der Waals surface area contributed by atoms with Crippen LogP contribution in [-0.4, -0.2) is 77.6 Å². The number of β-amino-alcohol motifs (C(OH)–C–C–N with tert-alkyl or cyclic N) is 1. The molecule has 8 nitrogen and oxygen atoms in total. The minimum Gasteiger partial charge on any atom is -0.468 e. The van der Waals surface area contributed by atoms with Crippen molar-refractivity contribution in [3.05, 3.63) is 69.2 Å². The van der Waals surface area contributed by atoms with E-state index >= 15 is 4.39 Å². The normalized spacial score (nSPS) is 26.3. The van der Waals surface area contributed by atoms with Gasteiger partial charge in [-0.05, 0) is 85.3 Å². The fourth-order valence-electron chi connectivity index (χ4n) is 7.98. The maximum absolute atomic E-state index is 15.2. The molecule has 0 spiro atoms. The number of aliphatic hydroxyl groups is 1. The molecule has 5 rings (SSSR count). The molecule has 1 saturated carbocycles. The van der Waals surface area contributed by atoms with E-state index in [1.165, 1.54) is 26.2 Å². The third kappa shape index (κ3) is 7.09. The van der Waals surface area contributed by atoms with Gasteiger partial charge < -0.3 is 20.1 Å². The standard InChI is InChI=1S/C35H44ClF2N3O5/c1-5-32(39-20(3)42)28-12-19(2)30(36)17-26(28)21-8-10-40(11-9-21)34(44)29-15-23(41-18-24(43)16-33(41)35(45)46-4)14-27(29)25-7-6-22(37)13-31(25)38/h6-7,12-13,17,21,23-24,27,29,32-33,43H,5,8-11,14-16,18H2,1-4H3,(H,39,42)/t23?,24-,27+,29-,32?,33-/m1/s1. The first-order chi connectivity index (χ1) is 21.9. The van der Waals surface area contributed by atoms with Gasteiger partial charge in [0.2, 0.25) is 11.8 Å². The molecule has 0 bridgehead atoms. The first kappa shape index (κ1) is 34.3. The number of aryl methyl sites for hydroxylation is 1. The van der Waals surface area contributed by atoms with Gasteiger partial charge in [0.15, 0.2) is 0 Å². The molecule has 2 heterocycles. The fourth-order valence-corrected chi connectivity index (χ4v) is 8.15. The average molecular weight is 660 g/mol. The number of nitrogens with one attached hydrogen (secondary N) is 1. The van der Waals surface area contributed by atoms with Crippen LogP contribution in [-0.2, 0) is 19.1 Å². The van der Waals surface area contributed by atoms with E-state index < -0.39 is 41.6 Å². The van der Waals surface area contributed by atoms with E-state index in [-0.39, 0.29) is 48.3 Å². The highest BCUT2D eigenvalue weighted by atomic mass is 35.5. The first-order valence-corrected chi connectivity index (χ1v) is 16.6. The van der Waals surface area contributed by atoms with Gasteiger partial charge >= 0.3 is 5.97 Å². The van der Waals surface area contributed by atoms with Gasteiger partial charge in [-0.3, -0.25) is 19.3 Å². The highest BCUT2D eigenvalue weighted by molar-refractivity contribution is 6.31. The van der Waals surface area contributed by atoms with Gasteiger partial charge in [0.05, 0.1) is 19.3 Å². The van der Waals surface area contributed by atoms with Crippen LogP contribution in [0.5, 0.6) is 0 Å². The lowest BCUT2D eigenvalue weighted by Gasteiger charge is -2.36. The monoisotopic (exact) mass is 659 g/mol. The number of ether oxygens (including phenoxy) is 1. The van der Waals surface area contributed by atoms with Crippen LogP contribution < -0.4 is 5.32 Å². The van der Waals surface area contributed by atoms with Crippen LogP contribution in [0.1, 0.15) is 92.5 Å². The number of nitrogens with zero attached hydrogens (tertiary/aromatic N) is 2. The molecule has 6 atom stereocenters. The molecule has 3 aliphatic rings. The van der Waals surface area contributed by atoms with Crippen LogP contribution >= 0.6 is 11.6 Å². The fraction of sp³-hybridized carbons (Fsp3) is 0.571. The molecule has 2 unspecified atom stereocenters. The van der Waals surface area contributed by atoms with Crippen molar-refractivity contribution >= 4 is 29.4 Å². The summed E-state index contributed by atoms with van der Waals surface area (Å²) in [5.74, 6) is -2.98. The average Bonchev–Trinajstić information content (AvgIpc) is 3.64. The van der Waals surface area contributed by atoms with Gasteiger partial charge in [0.1, 0.15) is 17.7 Å². The van der Waals surface area contributed by atoms with E-state index in [9.17, 15) is 23.9 Å². The van der Waals surface area contributed by atoms with E-state index in [0.717, 1.165) is 29.2 Å². The number of hydrogen-bond acceptors (Lipinski definition) is 6. The molecule has 2 saturated heterocycles. The number of amides is 2. The Morgan fingerprint density at radius 3 is 2.43 bits per heavy atom. The number of esters is 1. The van der Waals surface area contributed by atoms with E-state index in [4.69, 9.17) is 16.3 Å². The number of benzene rings is 2. The molecule has 11 heteroatoms. The van der Waals surface area contributed by atoms with Gasteiger partial charge in [0, 0.05) is 56.0 Å². The first-order valence-electron chi connectivity index (χ1n) is 16.2. The van der Waals surface area contributed by atoms with Crippen molar-refractivity contribution in [3.8, 4) is 0 Å². The molecule has 2 N–H and O–H groups in total. The predicted octanol–water partition coefficient (Wildman–Crippen LogP) is 5.39. The molecule has 2 amide bonds. The van der Waals surface area contributed by atoms with Gasteiger partial charge in [-0.25, -0.2) is 8.78 Å². The van der Waals surface area contributed by atoms with Crippen molar-refractivity contribution in [3.63, 3.8) is 0 Å². The van der Waals surface area contributed by atoms with Crippen molar-refractivity contribution in [2.75, 3.05) is 26.7 Å². The molecule has 2 aliphatic heterocycles. The Labute approximate surface area is 274 Å². The SMILES string of the molecule is CCC(NC(C)=O)c1cc(C)c(Cl)cc1C1CCN(C(=O)[C@@H]2CC(N3C[C@H](O)C[C@@H]3C(=O)OC)C[C@H]2c2ccc(F)cc2F)CC1. The topological polar surface area (TPSA) is 99.2 Å². The Morgan fingerprint density at radius 1 is 1.09 bits per heavy atom. The Hall–Kier alpha value is -3.08. The lowest BCUT2D eigenvalue weighted by atomic mass is 9.82. The quantitative estimate of drug-likeness (QED) is 0.369. The van der Waals surface area contributed by atoms with Crippen molar-refractivity contribution in [2.24, 2.45) is 5.92 Å². The Kier molecular flexibility index (Phi) is 10.7. The Balaban J connectivity index is 1.37. The zero-order valence-electron chi connectivity index (χ0n) is 26.9. The third-order valence-corrected chi connectivity index (χ3v) is 10.7. The third-order valence-electron chi connectivity index (χ3n) is 10.2. The van der Waals surface area contributed by atoms with Crippen molar-refractivity contribution in [1.82, 2.24) is 15.1 Å². The molecule has 0 radical (unpaired) electrons. The summed E-state index contributed by atoms with van der Waals surface area (Å²) >= 11 is 6.58. The van der Waals surface area contributed by atoms with Gasteiger partial charge in [-0.1, -0.05) is 30.7 Å². The van der Waals surface area contributed by atoms with E-state index in [1.807, 2.05) is 29.7 Å². The molecule has 2 aromatic carbocycles. The number of rotatable bonds is 8. The number of hydrogen-bond donors (Lipinski definition) is 2. The molecule has 3 fully saturated rings. The summed E-state index contributed by atoms with van der Waals surface area (Å²) in [7, 11) is 1.31. The Bertz CT molecular complexity index is 1470. The minimum atomic E-state index is -0.711. The molecule has 2 aromatic rings. The van der Waals surface area contributed by atoms with Gasteiger partial charge in [-0.2, -0.15) is 0 Å². The number of methoxy groups -OCH3 is 1. The number of halogens is 3.